The molecule has 1 aromatic rings. The highest BCUT2D eigenvalue weighted by atomic mass is 16.8. The number of aliphatic hydroxyl groups excluding tert-OH is 3. The molecule has 2 bridgehead atoms. The minimum Gasteiger partial charge on any atom is -0.479 e. The standard InChI is InChI=1S/C12H16O5.C7H12O6.C7H8.C5H8O/c13-10-11(14)5-7(15-10)9-8(6-11)16-12(17-9)3-1-2-4-12;8-3-1-7(13,6(11)12)2-4(9)5(3)10;1-7-5-3-2-4-6-7;6-5-3-1-2-4-5/h7-9,14H,1-6H2;3-5,8-10,13H,1-2H2,(H,11,12);2-6H,1H3;1-4H2/t7-,8-,9?,11-;3-,4-,5?,7?;;/m11../s1. The normalized spacial score (nSPS) is 38.5. The summed E-state index contributed by atoms with van der Waals surface area (Å²) in [6.07, 6.45) is 2.85. The maximum atomic E-state index is 11.5. The first-order valence-electron chi connectivity index (χ1n) is 15.1. The summed E-state index contributed by atoms with van der Waals surface area (Å²) in [5.41, 5.74) is -2.15. The van der Waals surface area contributed by atoms with Crippen LogP contribution < -0.4 is 0 Å². The van der Waals surface area contributed by atoms with Crippen LogP contribution in [0.2, 0.25) is 0 Å². The number of hydrogen-bond donors (Lipinski definition) is 6. The van der Waals surface area contributed by atoms with E-state index in [2.05, 4.69) is 19.1 Å². The Morgan fingerprint density at radius 3 is 1.84 bits per heavy atom. The minimum absolute atomic E-state index is 0.181. The molecule has 12 nitrogen and oxygen atoms in total. The van der Waals surface area contributed by atoms with Crippen molar-refractivity contribution in [1.82, 2.24) is 0 Å². The van der Waals surface area contributed by atoms with Crippen LogP contribution in [0.25, 0.3) is 0 Å². The average Bonchev–Trinajstić information content (AvgIpc) is 3.74. The number of aliphatic carboxylic acids is 1. The van der Waals surface area contributed by atoms with E-state index in [-0.39, 0.29) is 18.3 Å². The molecule has 7 rings (SSSR count). The second-order valence-electron chi connectivity index (χ2n) is 12.5. The van der Waals surface area contributed by atoms with Gasteiger partial charge in [-0.1, -0.05) is 35.9 Å². The van der Waals surface area contributed by atoms with Crippen LogP contribution in [-0.2, 0) is 28.6 Å². The summed E-state index contributed by atoms with van der Waals surface area (Å²) in [5, 5.41) is 55.4. The van der Waals surface area contributed by atoms with Gasteiger partial charge in [0, 0.05) is 51.4 Å². The molecule has 1 unspecified atom stereocenters. The minimum atomic E-state index is -2.14. The van der Waals surface area contributed by atoms with E-state index in [0.717, 1.165) is 51.4 Å². The Morgan fingerprint density at radius 1 is 0.814 bits per heavy atom. The van der Waals surface area contributed by atoms with E-state index in [9.17, 15) is 24.6 Å². The maximum Gasteiger partial charge on any atom is 0.338 e. The van der Waals surface area contributed by atoms with Gasteiger partial charge in [0.15, 0.2) is 17.0 Å². The Morgan fingerprint density at radius 2 is 1.37 bits per heavy atom. The number of aryl methyl sites for hydroxylation is 1. The first-order chi connectivity index (χ1) is 20.3. The van der Waals surface area contributed by atoms with Gasteiger partial charge < -0.3 is 44.8 Å². The van der Waals surface area contributed by atoms with Gasteiger partial charge in [-0.2, -0.15) is 0 Å². The zero-order valence-corrected chi connectivity index (χ0v) is 24.5. The first-order valence-corrected chi connectivity index (χ1v) is 15.1. The molecule has 2 aliphatic heterocycles. The van der Waals surface area contributed by atoms with Crippen molar-refractivity contribution in [3.63, 3.8) is 0 Å². The van der Waals surface area contributed by atoms with E-state index in [1.165, 1.54) is 5.56 Å². The van der Waals surface area contributed by atoms with Crippen molar-refractivity contribution in [3.05, 3.63) is 35.9 Å². The van der Waals surface area contributed by atoms with Crippen LogP contribution in [0.1, 0.15) is 82.6 Å². The predicted molar refractivity (Wildman–Crippen MR) is 150 cm³/mol. The van der Waals surface area contributed by atoms with E-state index in [1.807, 2.05) is 18.2 Å². The lowest BCUT2D eigenvalue weighted by atomic mass is 9.80. The lowest BCUT2D eigenvalue weighted by molar-refractivity contribution is -0.187. The Balaban J connectivity index is 0.000000143. The van der Waals surface area contributed by atoms with Crippen molar-refractivity contribution in [2.75, 3.05) is 0 Å². The van der Waals surface area contributed by atoms with Gasteiger partial charge in [-0.05, 0) is 32.6 Å². The van der Waals surface area contributed by atoms with Crippen molar-refractivity contribution in [2.45, 2.75) is 138 Å². The molecule has 4 saturated carbocycles. The molecule has 2 heterocycles. The number of carboxylic acid groups (broad SMARTS) is 1. The second-order valence-corrected chi connectivity index (χ2v) is 12.5. The molecule has 2 saturated heterocycles. The molecule has 4 aliphatic carbocycles. The summed E-state index contributed by atoms with van der Waals surface area (Å²) in [4.78, 5) is 32.3. The monoisotopic (exact) mass is 608 g/mol. The van der Waals surface area contributed by atoms with E-state index in [0.29, 0.717) is 18.6 Å². The van der Waals surface area contributed by atoms with Crippen LogP contribution in [0.5, 0.6) is 0 Å². The van der Waals surface area contributed by atoms with E-state index in [4.69, 9.17) is 34.6 Å². The summed E-state index contributed by atoms with van der Waals surface area (Å²) < 4.78 is 17.2. The van der Waals surface area contributed by atoms with E-state index in [1.54, 1.807) is 0 Å². The third-order valence-corrected chi connectivity index (χ3v) is 8.91. The van der Waals surface area contributed by atoms with Crippen molar-refractivity contribution >= 4 is 17.7 Å². The lowest BCUT2D eigenvalue weighted by Crippen LogP contribution is -2.56. The average molecular weight is 609 g/mol. The van der Waals surface area contributed by atoms with Crippen LogP contribution >= 0.6 is 0 Å². The number of fused-ring (bicyclic) bond motifs is 4. The molecular formula is C31H44O12. The lowest BCUT2D eigenvalue weighted by Gasteiger charge is -2.37. The fraction of sp³-hybridized carbons (Fsp3) is 0.710. The summed E-state index contributed by atoms with van der Waals surface area (Å²) in [5.74, 6) is -2.01. The molecule has 0 radical (unpaired) electrons. The molecule has 6 fully saturated rings. The van der Waals surface area contributed by atoms with Crippen molar-refractivity contribution in [3.8, 4) is 0 Å². The number of aliphatic hydroxyl groups is 5. The highest BCUT2D eigenvalue weighted by molar-refractivity contribution is 5.82. The van der Waals surface area contributed by atoms with Gasteiger partial charge in [0.05, 0.1) is 18.3 Å². The van der Waals surface area contributed by atoms with Crippen molar-refractivity contribution in [1.29, 1.82) is 0 Å². The largest absolute Gasteiger partial charge is 0.479 e. The maximum absolute atomic E-state index is 11.5. The Kier molecular flexibility index (Phi) is 10.6. The molecule has 6 aliphatic rings. The van der Waals surface area contributed by atoms with Crippen LogP contribution in [0.4, 0.5) is 0 Å². The summed E-state index contributed by atoms with van der Waals surface area (Å²) >= 11 is 0. The zero-order chi connectivity index (χ0) is 31.4. The number of rotatable bonds is 1. The Hall–Kier alpha value is -2.45. The molecule has 0 aromatic heterocycles. The molecule has 6 N–H and O–H groups in total. The molecular weight excluding hydrogens is 564 g/mol. The Bertz CT molecular complexity index is 1100. The number of carbonyl (C=O) groups excluding carboxylic acids is 2. The highest BCUT2D eigenvalue weighted by Crippen LogP contribution is 2.50. The summed E-state index contributed by atoms with van der Waals surface area (Å²) in [7, 11) is 0. The topological polar surface area (TPSA) is 200 Å². The number of esters is 1. The quantitative estimate of drug-likeness (QED) is 0.250. The van der Waals surface area contributed by atoms with Crippen LogP contribution in [-0.4, -0.2) is 102 Å². The van der Waals surface area contributed by atoms with Gasteiger partial charge in [-0.15, -0.1) is 0 Å². The van der Waals surface area contributed by atoms with E-state index < -0.39 is 60.1 Å². The molecule has 0 amide bonds. The number of ether oxygens (including phenoxy) is 3. The number of benzene rings is 1. The van der Waals surface area contributed by atoms with Gasteiger partial charge in [-0.3, -0.25) is 4.79 Å². The second kappa shape index (κ2) is 13.7. The van der Waals surface area contributed by atoms with Crippen molar-refractivity contribution < 1.29 is 59.2 Å². The van der Waals surface area contributed by atoms with Gasteiger partial charge in [0.1, 0.15) is 24.1 Å². The molecule has 43 heavy (non-hydrogen) atoms. The van der Waals surface area contributed by atoms with Crippen LogP contribution in [0.15, 0.2) is 30.3 Å². The van der Waals surface area contributed by atoms with Crippen molar-refractivity contribution in [2.24, 2.45) is 0 Å². The molecule has 1 aromatic carbocycles. The molecule has 12 heteroatoms. The molecule has 6 atom stereocenters. The smallest absolute Gasteiger partial charge is 0.338 e. The fourth-order valence-corrected chi connectivity index (χ4v) is 6.46. The van der Waals surface area contributed by atoms with Gasteiger partial charge in [-0.25, -0.2) is 9.59 Å². The summed E-state index contributed by atoms with van der Waals surface area (Å²) in [6, 6.07) is 10.3. The number of carbonyl (C=O) groups is 3. The molecule has 1 spiro atoms. The van der Waals surface area contributed by atoms with Gasteiger partial charge >= 0.3 is 11.9 Å². The number of carboxylic acids is 1. The summed E-state index contributed by atoms with van der Waals surface area (Å²) in [6.45, 7) is 2.08. The first kappa shape index (κ1) is 33.4. The van der Waals surface area contributed by atoms with E-state index >= 15 is 0 Å². The predicted octanol–water partition coefficient (Wildman–Crippen LogP) is 1.29. The number of Topliss-reactive ketones (excluding diaryl/α,β-unsaturated/α-hetero) is 1. The molecule has 240 valence electrons. The SMILES string of the molecule is Cc1ccccc1.O=C(O)C1(O)C[C@@H](O)C(O)[C@H](O)C1.O=C1CCCC1.O=C1O[C@@H]2C[C@@]1(O)C[C@H]1OC3(CCCC3)OC21. The highest BCUT2D eigenvalue weighted by Gasteiger charge is 2.64. The zero-order valence-electron chi connectivity index (χ0n) is 24.5. The third-order valence-electron chi connectivity index (χ3n) is 8.91. The van der Waals surface area contributed by atoms with Gasteiger partial charge in [0.25, 0.3) is 0 Å². The fourth-order valence-electron chi connectivity index (χ4n) is 6.46. The third kappa shape index (κ3) is 7.99. The Labute approximate surface area is 250 Å². The number of hydrogen-bond acceptors (Lipinski definition) is 11. The van der Waals surface area contributed by atoms with Crippen LogP contribution in [0.3, 0.4) is 0 Å². The van der Waals surface area contributed by atoms with Gasteiger partial charge in [0.2, 0.25) is 0 Å². The van der Waals surface area contributed by atoms with Crippen LogP contribution in [0, 0.1) is 6.92 Å². The number of ketones is 1.